The van der Waals surface area contributed by atoms with E-state index in [4.69, 9.17) is 5.73 Å². The summed E-state index contributed by atoms with van der Waals surface area (Å²) in [6.45, 7) is 6.18. The van der Waals surface area contributed by atoms with Crippen molar-refractivity contribution in [3.05, 3.63) is 11.9 Å². The van der Waals surface area contributed by atoms with Gasteiger partial charge < -0.3 is 5.73 Å². The van der Waals surface area contributed by atoms with Crippen LogP contribution in [0.2, 0.25) is 0 Å². The molecule has 2 aromatic rings. The molecule has 8 heteroatoms. The van der Waals surface area contributed by atoms with Crippen LogP contribution in [0, 0.1) is 0 Å². The quantitative estimate of drug-likeness (QED) is 0.862. The third-order valence-corrected chi connectivity index (χ3v) is 3.81. The van der Waals surface area contributed by atoms with Crippen LogP contribution in [0.1, 0.15) is 45.5 Å². The van der Waals surface area contributed by atoms with E-state index < -0.39 is 0 Å². The van der Waals surface area contributed by atoms with E-state index in [2.05, 4.69) is 46.3 Å². The Hall–Kier alpha value is -1.70. The standard InChI is InChI=1S/C12H17N7S/c1-12(2,3)10-14-8(13)6-9(15-10)20-11-16-17-18-19(11)7-4-5-7/h6-7H,4-5H2,1-3H3,(H2,13,14,15). The summed E-state index contributed by atoms with van der Waals surface area (Å²) in [5, 5.41) is 13.4. The molecule has 1 saturated carbocycles. The first-order valence-electron chi connectivity index (χ1n) is 6.54. The predicted octanol–water partition coefficient (Wildman–Crippen LogP) is 1.83. The summed E-state index contributed by atoms with van der Waals surface area (Å²) in [5.74, 6) is 1.20. The number of anilines is 1. The topological polar surface area (TPSA) is 95.4 Å². The molecule has 1 aliphatic carbocycles. The highest BCUT2D eigenvalue weighted by Gasteiger charge is 2.28. The highest BCUT2D eigenvalue weighted by Crippen LogP contribution is 2.38. The van der Waals surface area contributed by atoms with E-state index in [0.717, 1.165) is 28.8 Å². The van der Waals surface area contributed by atoms with Crippen LogP contribution in [0.4, 0.5) is 5.82 Å². The Morgan fingerprint density at radius 1 is 1.30 bits per heavy atom. The number of hydrogen-bond acceptors (Lipinski definition) is 7. The van der Waals surface area contributed by atoms with E-state index in [-0.39, 0.29) is 5.41 Å². The lowest BCUT2D eigenvalue weighted by molar-refractivity contribution is 0.539. The molecule has 2 aromatic heterocycles. The largest absolute Gasteiger partial charge is 0.384 e. The Kier molecular flexibility index (Phi) is 3.12. The minimum absolute atomic E-state index is 0.146. The zero-order chi connectivity index (χ0) is 14.3. The maximum Gasteiger partial charge on any atom is 0.215 e. The number of nitrogen functional groups attached to an aromatic ring is 1. The second-order valence-corrected chi connectivity index (χ2v) is 6.93. The van der Waals surface area contributed by atoms with Gasteiger partial charge in [-0.15, -0.1) is 5.10 Å². The molecule has 0 amide bonds. The lowest BCUT2D eigenvalue weighted by Crippen LogP contribution is -2.17. The minimum atomic E-state index is -0.146. The van der Waals surface area contributed by atoms with E-state index in [1.165, 1.54) is 11.8 Å². The first-order chi connectivity index (χ1) is 9.43. The summed E-state index contributed by atoms with van der Waals surface area (Å²) in [5.41, 5.74) is 5.73. The van der Waals surface area contributed by atoms with Crippen LogP contribution < -0.4 is 5.73 Å². The molecule has 0 bridgehead atoms. The van der Waals surface area contributed by atoms with Crippen LogP contribution in [0.5, 0.6) is 0 Å². The van der Waals surface area contributed by atoms with Crippen molar-refractivity contribution in [1.82, 2.24) is 30.2 Å². The number of tetrazole rings is 1. The normalized spacial score (nSPS) is 15.6. The summed E-state index contributed by atoms with van der Waals surface area (Å²) in [6.07, 6.45) is 2.27. The molecule has 0 radical (unpaired) electrons. The van der Waals surface area contributed by atoms with E-state index in [1.54, 1.807) is 6.07 Å². The number of nitrogens with zero attached hydrogens (tertiary/aromatic N) is 6. The van der Waals surface area contributed by atoms with Crippen LogP contribution in [0.3, 0.4) is 0 Å². The van der Waals surface area contributed by atoms with Gasteiger partial charge >= 0.3 is 0 Å². The summed E-state index contributed by atoms with van der Waals surface area (Å²) < 4.78 is 1.86. The van der Waals surface area contributed by atoms with Crippen molar-refractivity contribution in [3.8, 4) is 0 Å². The fourth-order valence-electron chi connectivity index (χ4n) is 1.72. The molecule has 1 aliphatic rings. The van der Waals surface area contributed by atoms with Gasteiger partial charge in [0, 0.05) is 11.5 Å². The summed E-state index contributed by atoms with van der Waals surface area (Å²) >= 11 is 1.43. The molecule has 0 aliphatic heterocycles. The SMILES string of the molecule is CC(C)(C)c1nc(N)cc(Sc2nnnn2C2CC2)n1. The summed E-state index contributed by atoms with van der Waals surface area (Å²) in [6, 6.07) is 2.19. The molecule has 106 valence electrons. The van der Waals surface area contributed by atoms with Crippen molar-refractivity contribution in [2.45, 2.75) is 55.3 Å². The molecule has 0 aromatic carbocycles. The average Bonchev–Trinajstić information content (AvgIpc) is 3.09. The molecule has 2 heterocycles. The van der Waals surface area contributed by atoms with Gasteiger partial charge in [0.05, 0.1) is 6.04 Å². The molecule has 3 rings (SSSR count). The molecule has 7 nitrogen and oxygen atoms in total. The smallest absolute Gasteiger partial charge is 0.215 e. The van der Waals surface area contributed by atoms with Crippen LogP contribution in [0.25, 0.3) is 0 Å². The van der Waals surface area contributed by atoms with Gasteiger partial charge in [0.2, 0.25) is 5.16 Å². The van der Waals surface area contributed by atoms with E-state index in [0.29, 0.717) is 11.9 Å². The van der Waals surface area contributed by atoms with Crippen LogP contribution in [0.15, 0.2) is 16.2 Å². The molecule has 0 atom stereocenters. The lowest BCUT2D eigenvalue weighted by atomic mass is 9.96. The molecule has 0 unspecified atom stereocenters. The van der Waals surface area contributed by atoms with Crippen molar-refractivity contribution < 1.29 is 0 Å². The third kappa shape index (κ3) is 2.74. The fraction of sp³-hybridized carbons (Fsp3) is 0.583. The molecule has 0 spiro atoms. The van der Waals surface area contributed by atoms with Crippen molar-refractivity contribution >= 4 is 17.6 Å². The van der Waals surface area contributed by atoms with Crippen LogP contribution in [-0.2, 0) is 5.41 Å². The zero-order valence-electron chi connectivity index (χ0n) is 11.7. The first kappa shape index (κ1) is 13.3. The number of rotatable bonds is 3. The van der Waals surface area contributed by atoms with Gasteiger partial charge in [0.1, 0.15) is 16.7 Å². The molecule has 20 heavy (non-hydrogen) atoms. The van der Waals surface area contributed by atoms with Gasteiger partial charge in [-0.2, -0.15) is 0 Å². The first-order valence-corrected chi connectivity index (χ1v) is 7.36. The second kappa shape index (κ2) is 4.69. The molecule has 0 saturated heterocycles. The Bertz CT molecular complexity index is 627. The minimum Gasteiger partial charge on any atom is -0.384 e. The van der Waals surface area contributed by atoms with Gasteiger partial charge in [-0.25, -0.2) is 14.6 Å². The van der Waals surface area contributed by atoms with Crippen molar-refractivity contribution in [1.29, 1.82) is 0 Å². The van der Waals surface area contributed by atoms with Gasteiger partial charge in [-0.3, -0.25) is 0 Å². The van der Waals surface area contributed by atoms with Crippen molar-refractivity contribution in [2.24, 2.45) is 0 Å². The lowest BCUT2D eigenvalue weighted by Gasteiger charge is -2.17. The Morgan fingerprint density at radius 3 is 2.70 bits per heavy atom. The van der Waals surface area contributed by atoms with E-state index >= 15 is 0 Å². The molecule has 1 fully saturated rings. The Labute approximate surface area is 121 Å². The van der Waals surface area contributed by atoms with Gasteiger partial charge in [-0.1, -0.05) is 20.8 Å². The maximum absolute atomic E-state index is 5.87. The van der Waals surface area contributed by atoms with Crippen molar-refractivity contribution in [2.75, 3.05) is 5.73 Å². The van der Waals surface area contributed by atoms with Gasteiger partial charge in [-0.05, 0) is 35.0 Å². The zero-order valence-corrected chi connectivity index (χ0v) is 12.6. The van der Waals surface area contributed by atoms with E-state index in [1.807, 2.05) is 4.68 Å². The number of nitrogens with two attached hydrogens (primary N) is 1. The summed E-state index contributed by atoms with van der Waals surface area (Å²) in [4.78, 5) is 8.86. The number of aromatic nitrogens is 6. The Morgan fingerprint density at radius 2 is 2.05 bits per heavy atom. The highest BCUT2D eigenvalue weighted by atomic mass is 32.2. The van der Waals surface area contributed by atoms with Crippen LogP contribution in [-0.4, -0.2) is 30.2 Å². The predicted molar refractivity (Wildman–Crippen MR) is 75.4 cm³/mol. The van der Waals surface area contributed by atoms with Gasteiger partial charge in [0.15, 0.2) is 0 Å². The Balaban J connectivity index is 1.90. The molecular weight excluding hydrogens is 274 g/mol. The van der Waals surface area contributed by atoms with Gasteiger partial charge in [0.25, 0.3) is 0 Å². The molecular formula is C12H17N7S. The number of hydrogen-bond donors (Lipinski definition) is 1. The van der Waals surface area contributed by atoms with E-state index in [9.17, 15) is 0 Å². The van der Waals surface area contributed by atoms with Crippen molar-refractivity contribution in [3.63, 3.8) is 0 Å². The van der Waals surface area contributed by atoms with Crippen LogP contribution >= 0.6 is 11.8 Å². The maximum atomic E-state index is 5.87. The summed E-state index contributed by atoms with van der Waals surface area (Å²) in [7, 11) is 0. The second-order valence-electron chi connectivity index (χ2n) is 5.94. The molecule has 2 N–H and O–H groups in total. The third-order valence-electron chi connectivity index (χ3n) is 2.94. The fourth-order valence-corrected chi connectivity index (χ4v) is 2.58. The highest BCUT2D eigenvalue weighted by molar-refractivity contribution is 7.99. The monoisotopic (exact) mass is 291 g/mol. The average molecular weight is 291 g/mol.